The second kappa shape index (κ2) is 14.8. The molecule has 0 aliphatic carbocycles. The molecule has 2 N–H and O–H groups in total. The number of nitrogens with one attached hydrogen (secondary N) is 1. The maximum atomic E-state index is 13.2. The number of carboxylic acid groups (broad SMARTS) is 1. The minimum absolute atomic E-state index is 0. The second-order valence-electron chi connectivity index (χ2n) is 8.15. The van der Waals surface area contributed by atoms with Gasteiger partial charge in [-0.25, -0.2) is 4.79 Å². The predicted molar refractivity (Wildman–Crippen MR) is 147 cm³/mol. The van der Waals surface area contributed by atoms with Crippen LogP contribution in [0.2, 0.25) is 0 Å². The summed E-state index contributed by atoms with van der Waals surface area (Å²) in [5, 5.41) is 12.2. The number of hydrogen-bond acceptors (Lipinski definition) is 5. The van der Waals surface area contributed by atoms with Crippen molar-refractivity contribution in [2.75, 3.05) is 19.1 Å². The van der Waals surface area contributed by atoms with Crippen molar-refractivity contribution in [3.63, 3.8) is 0 Å². The minimum atomic E-state index is -1.04. The van der Waals surface area contributed by atoms with Crippen LogP contribution in [0.1, 0.15) is 33.5 Å². The Morgan fingerprint density at radius 2 is 1.72 bits per heavy atom. The zero-order valence-electron chi connectivity index (χ0n) is 20.2. The van der Waals surface area contributed by atoms with E-state index in [0.29, 0.717) is 31.0 Å². The maximum absolute atomic E-state index is 13.2. The van der Waals surface area contributed by atoms with E-state index in [9.17, 15) is 14.7 Å². The van der Waals surface area contributed by atoms with E-state index in [2.05, 4.69) is 5.32 Å². The third-order valence-corrected chi connectivity index (χ3v) is 6.34. The first-order valence-electron chi connectivity index (χ1n) is 11.4. The summed E-state index contributed by atoms with van der Waals surface area (Å²) in [7, 11) is 1.63. The number of aryl methyl sites for hydroxylation is 1. The van der Waals surface area contributed by atoms with Gasteiger partial charge in [0, 0.05) is 11.1 Å². The van der Waals surface area contributed by atoms with Gasteiger partial charge in [-0.3, -0.25) is 4.79 Å². The molecule has 36 heavy (non-hydrogen) atoms. The van der Waals surface area contributed by atoms with Crippen LogP contribution < -0.4 is 10.1 Å². The molecule has 0 bridgehead atoms. The molecule has 0 spiro atoms. The van der Waals surface area contributed by atoms with Gasteiger partial charge in [-0.2, -0.15) is 11.8 Å². The van der Waals surface area contributed by atoms with Gasteiger partial charge in [0.15, 0.2) is 0 Å². The fourth-order valence-electron chi connectivity index (χ4n) is 3.81. The fourth-order valence-corrected chi connectivity index (χ4v) is 4.28. The number of benzene rings is 3. The van der Waals surface area contributed by atoms with Crippen molar-refractivity contribution in [1.82, 2.24) is 5.32 Å². The first-order valence-corrected chi connectivity index (χ1v) is 12.7. The molecule has 1 unspecified atom stereocenters. The third kappa shape index (κ3) is 7.91. The normalized spacial score (nSPS) is 11.3. The van der Waals surface area contributed by atoms with Crippen molar-refractivity contribution in [3.8, 4) is 16.9 Å². The predicted octanol–water partition coefficient (Wildman–Crippen LogP) is 4.68. The Morgan fingerprint density at radius 3 is 2.42 bits per heavy atom. The molecule has 0 aliphatic heterocycles. The van der Waals surface area contributed by atoms with E-state index in [1.807, 2.05) is 73.8 Å². The molecule has 0 aromatic heterocycles. The van der Waals surface area contributed by atoms with Gasteiger partial charge >= 0.3 is 24.8 Å². The average molecular weight is 502 g/mol. The number of hydrogen-bond donors (Lipinski definition) is 2. The van der Waals surface area contributed by atoms with Gasteiger partial charge in [0.05, 0.1) is 20.3 Å². The van der Waals surface area contributed by atoms with E-state index < -0.39 is 17.9 Å². The van der Waals surface area contributed by atoms with Crippen LogP contribution in [0.5, 0.6) is 5.75 Å². The summed E-state index contributed by atoms with van der Waals surface area (Å²) in [4.78, 5) is 24.8. The summed E-state index contributed by atoms with van der Waals surface area (Å²) in [6, 6.07) is 20.1. The molecular weight excluding hydrogens is 469 g/mol. The number of carbonyl (C=O) groups is 2. The third-order valence-electron chi connectivity index (χ3n) is 5.70. The summed E-state index contributed by atoms with van der Waals surface area (Å²) in [5.41, 5.74) is 4.98. The van der Waals surface area contributed by atoms with Crippen molar-refractivity contribution < 1.29 is 24.2 Å². The first-order chi connectivity index (χ1) is 16.9. The quantitative estimate of drug-likeness (QED) is 0.351. The van der Waals surface area contributed by atoms with Crippen molar-refractivity contribution in [1.29, 1.82) is 0 Å². The number of para-hydroxylation sites is 1. The molecule has 3 aromatic carbocycles. The van der Waals surface area contributed by atoms with E-state index >= 15 is 0 Å². The van der Waals surface area contributed by atoms with Gasteiger partial charge in [-0.05, 0) is 65.8 Å². The molecular formula is C28H32LiNO5S. The van der Waals surface area contributed by atoms with Gasteiger partial charge in [-0.1, -0.05) is 48.5 Å². The molecule has 186 valence electrons. The second-order valence-corrected chi connectivity index (χ2v) is 9.13. The molecule has 1 amide bonds. The first kappa shape index (κ1) is 29.5. The van der Waals surface area contributed by atoms with Crippen molar-refractivity contribution >= 4 is 42.5 Å². The number of ether oxygens (including phenoxy) is 2. The van der Waals surface area contributed by atoms with Crippen molar-refractivity contribution in [2.24, 2.45) is 0 Å². The molecule has 0 heterocycles. The Morgan fingerprint density at radius 1 is 1.00 bits per heavy atom. The Labute approximate surface area is 229 Å². The number of carboxylic acids is 1. The summed E-state index contributed by atoms with van der Waals surface area (Å²) >= 11 is 1.55. The van der Waals surface area contributed by atoms with Crippen LogP contribution in [0.25, 0.3) is 11.1 Å². The fraction of sp³-hybridized carbons (Fsp3) is 0.286. The number of thioether (sulfide) groups is 1. The Bertz CT molecular complexity index is 1170. The van der Waals surface area contributed by atoms with E-state index in [1.54, 1.807) is 24.9 Å². The van der Waals surface area contributed by atoms with Crippen LogP contribution in [0.4, 0.5) is 0 Å². The monoisotopic (exact) mass is 501 g/mol. The van der Waals surface area contributed by atoms with E-state index in [-0.39, 0.29) is 18.9 Å². The van der Waals surface area contributed by atoms with Gasteiger partial charge in [0.1, 0.15) is 11.8 Å². The van der Waals surface area contributed by atoms with Gasteiger partial charge in [0.25, 0.3) is 5.91 Å². The van der Waals surface area contributed by atoms with Gasteiger partial charge in [-0.15, -0.1) is 0 Å². The molecule has 0 radical (unpaired) electrons. The summed E-state index contributed by atoms with van der Waals surface area (Å²) < 4.78 is 11.3. The molecule has 0 saturated heterocycles. The van der Waals surface area contributed by atoms with Crippen LogP contribution in [0.15, 0.2) is 66.7 Å². The van der Waals surface area contributed by atoms with Crippen LogP contribution in [0.3, 0.4) is 0 Å². The summed E-state index contributed by atoms with van der Waals surface area (Å²) in [6.07, 6.45) is 2.27. The Kier molecular flexibility index (Phi) is 12.1. The zero-order valence-corrected chi connectivity index (χ0v) is 21.1. The van der Waals surface area contributed by atoms with Crippen molar-refractivity contribution in [2.45, 2.75) is 32.6 Å². The molecule has 3 aromatic rings. The molecule has 1 atom stereocenters. The van der Waals surface area contributed by atoms with E-state index in [0.717, 1.165) is 33.6 Å². The summed E-state index contributed by atoms with van der Waals surface area (Å²) in [5.74, 6) is -0.0243. The van der Waals surface area contributed by atoms with Gasteiger partial charge < -0.3 is 19.9 Å². The topological polar surface area (TPSA) is 84.9 Å². The molecule has 0 fully saturated rings. The number of carbonyl (C=O) groups excluding carboxylic acids is 1. The summed E-state index contributed by atoms with van der Waals surface area (Å²) in [6.45, 7) is 2.73. The Balaban J connectivity index is 0.00000456. The number of aliphatic carboxylic acids is 1. The number of amides is 1. The van der Waals surface area contributed by atoms with Crippen molar-refractivity contribution in [3.05, 3.63) is 89.0 Å². The molecule has 3 rings (SSSR count). The van der Waals surface area contributed by atoms with Crippen LogP contribution in [-0.4, -0.2) is 61.0 Å². The molecule has 6 nitrogen and oxygen atoms in total. The van der Waals surface area contributed by atoms with E-state index in [4.69, 9.17) is 9.47 Å². The average Bonchev–Trinajstić information content (AvgIpc) is 2.86. The van der Waals surface area contributed by atoms with Crippen LogP contribution >= 0.6 is 11.8 Å². The zero-order chi connectivity index (χ0) is 25.2. The van der Waals surface area contributed by atoms with E-state index in [1.165, 1.54) is 0 Å². The number of rotatable bonds is 12. The Hall–Kier alpha value is -2.69. The van der Waals surface area contributed by atoms with Gasteiger partial charge in [0.2, 0.25) is 0 Å². The molecule has 0 aliphatic rings. The van der Waals surface area contributed by atoms with Crippen LogP contribution in [0, 0.1) is 6.92 Å². The standard InChI is InChI=1S/C28H31NO5S.Li.H/c1-19-8-4-6-10-22(19)24-16-20(17-34-18-21-9-5-7-11-26(21)33-2)12-13-23(24)27(30)29-25(28(31)32)14-15-35-3;;/h4-13,16,25H,14-15,17-18H2,1-3H3,(H,29,30)(H,31,32);;. The number of methoxy groups -OCH3 is 1. The SMILES string of the molecule is COc1ccccc1COCc1ccc(C(=O)NC(CCSC)C(=O)O)c(-c2ccccc2C)c1.[LiH]. The van der Waals surface area contributed by atoms with Crippen LogP contribution in [-0.2, 0) is 22.7 Å². The molecule has 0 saturated carbocycles. The molecule has 8 heteroatoms.